The lowest BCUT2D eigenvalue weighted by molar-refractivity contribution is 0.408. The van der Waals surface area contributed by atoms with Gasteiger partial charge in [-0.1, -0.05) is 56.2 Å². The molecular weight excluding hydrogens is 388 g/mol. The summed E-state index contributed by atoms with van der Waals surface area (Å²) < 4.78 is 0. The SMILES string of the molecule is C=C(/C=C(\O)CNc1nccc(Nc2cc(C3CCCCC3)n[nH]2)n1)c1ccccc1. The van der Waals surface area contributed by atoms with Gasteiger partial charge in [0.15, 0.2) is 0 Å². The van der Waals surface area contributed by atoms with E-state index in [1.807, 2.05) is 30.3 Å². The maximum atomic E-state index is 10.2. The Morgan fingerprint density at radius 3 is 2.77 bits per heavy atom. The first-order chi connectivity index (χ1) is 15.2. The molecular formula is C24H28N6O. The predicted octanol–water partition coefficient (Wildman–Crippen LogP) is 5.56. The molecule has 0 aliphatic heterocycles. The minimum absolute atomic E-state index is 0.154. The van der Waals surface area contributed by atoms with Gasteiger partial charge in [0.25, 0.3) is 0 Å². The van der Waals surface area contributed by atoms with Crippen molar-refractivity contribution in [1.82, 2.24) is 20.2 Å². The minimum Gasteiger partial charge on any atom is -0.510 e. The molecule has 7 nitrogen and oxygen atoms in total. The van der Waals surface area contributed by atoms with Crippen LogP contribution < -0.4 is 10.6 Å². The van der Waals surface area contributed by atoms with Crippen LogP contribution >= 0.6 is 0 Å². The molecule has 4 N–H and O–H groups in total. The molecule has 1 aliphatic rings. The van der Waals surface area contributed by atoms with Crippen LogP contribution in [0.25, 0.3) is 5.57 Å². The van der Waals surface area contributed by atoms with E-state index in [9.17, 15) is 5.11 Å². The monoisotopic (exact) mass is 416 g/mol. The first-order valence-corrected chi connectivity index (χ1v) is 10.7. The minimum atomic E-state index is 0.154. The molecule has 0 radical (unpaired) electrons. The van der Waals surface area contributed by atoms with E-state index in [0.29, 0.717) is 17.7 Å². The van der Waals surface area contributed by atoms with E-state index in [0.717, 1.165) is 22.6 Å². The molecule has 0 atom stereocenters. The van der Waals surface area contributed by atoms with Crippen LogP contribution in [0, 0.1) is 0 Å². The smallest absolute Gasteiger partial charge is 0.224 e. The first-order valence-electron chi connectivity index (χ1n) is 10.7. The lowest BCUT2D eigenvalue weighted by atomic mass is 9.87. The molecule has 7 heteroatoms. The summed E-state index contributed by atoms with van der Waals surface area (Å²) in [6.45, 7) is 4.20. The molecule has 2 heterocycles. The summed E-state index contributed by atoms with van der Waals surface area (Å²) >= 11 is 0. The van der Waals surface area contributed by atoms with Gasteiger partial charge >= 0.3 is 0 Å². The predicted molar refractivity (Wildman–Crippen MR) is 124 cm³/mol. The molecule has 0 bridgehead atoms. The summed E-state index contributed by atoms with van der Waals surface area (Å²) in [5.41, 5.74) is 2.82. The number of anilines is 3. The Balaban J connectivity index is 1.33. The van der Waals surface area contributed by atoms with Crippen molar-refractivity contribution in [2.45, 2.75) is 38.0 Å². The fourth-order valence-corrected chi connectivity index (χ4v) is 3.82. The Hall–Kier alpha value is -3.61. The number of benzene rings is 1. The lowest BCUT2D eigenvalue weighted by Gasteiger charge is -2.18. The normalized spacial score (nSPS) is 14.9. The highest BCUT2D eigenvalue weighted by Crippen LogP contribution is 2.32. The van der Waals surface area contributed by atoms with Crippen LogP contribution in [-0.2, 0) is 0 Å². The summed E-state index contributed by atoms with van der Waals surface area (Å²) in [5, 5.41) is 24.0. The average molecular weight is 417 g/mol. The van der Waals surface area contributed by atoms with Crippen molar-refractivity contribution in [3.05, 3.63) is 78.3 Å². The van der Waals surface area contributed by atoms with Gasteiger partial charge in [-0.05, 0) is 36.1 Å². The number of hydrogen-bond acceptors (Lipinski definition) is 6. The number of H-pyrrole nitrogens is 1. The molecule has 1 aliphatic carbocycles. The molecule has 1 aromatic carbocycles. The zero-order valence-corrected chi connectivity index (χ0v) is 17.5. The standard InChI is InChI=1S/C24H28N6O/c1-17(18-8-4-2-5-9-18)14-20(31)16-26-24-25-13-12-22(28-24)27-23-15-21(29-30-23)19-10-6-3-7-11-19/h2,4-5,8-9,12-15,19,31H,1,3,6-7,10-11,16H2,(H3,25,26,27,28,29,30)/b20-14-. The Morgan fingerprint density at radius 1 is 1.16 bits per heavy atom. The topological polar surface area (TPSA) is 98.7 Å². The second kappa shape index (κ2) is 9.93. The number of aromatic amines is 1. The van der Waals surface area contributed by atoms with Crippen molar-refractivity contribution in [3.8, 4) is 0 Å². The molecule has 0 unspecified atom stereocenters. The van der Waals surface area contributed by atoms with Crippen LogP contribution in [0.5, 0.6) is 0 Å². The van der Waals surface area contributed by atoms with E-state index < -0.39 is 0 Å². The van der Waals surface area contributed by atoms with Crippen LogP contribution in [-0.4, -0.2) is 31.8 Å². The van der Waals surface area contributed by atoms with Gasteiger partial charge in [0.1, 0.15) is 17.4 Å². The fourth-order valence-electron chi connectivity index (χ4n) is 3.82. The zero-order chi connectivity index (χ0) is 21.5. The molecule has 3 aromatic rings. The van der Waals surface area contributed by atoms with Gasteiger partial charge in [-0.3, -0.25) is 5.10 Å². The second-order valence-corrected chi connectivity index (χ2v) is 7.81. The molecule has 4 rings (SSSR count). The largest absolute Gasteiger partial charge is 0.510 e. The van der Waals surface area contributed by atoms with Gasteiger partial charge in [0.2, 0.25) is 5.95 Å². The highest BCUT2D eigenvalue weighted by molar-refractivity contribution is 5.72. The van der Waals surface area contributed by atoms with E-state index >= 15 is 0 Å². The van der Waals surface area contributed by atoms with Crippen LogP contribution in [0.3, 0.4) is 0 Å². The van der Waals surface area contributed by atoms with Crippen molar-refractivity contribution in [3.63, 3.8) is 0 Å². The quantitative estimate of drug-likeness (QED) is 0.283. The number of hydrogen-bond donors (Lipinski definition) is 4. The van der Waals surface area contributed by atoms with Crippen molar-refractivity contribution in [1.29, 1.82) is 0 Å². The molecule has 1 saturated carbocycles. The number of rotatable bonds is 8. The van der Waals surface area contributed by atoms with Crippen LogP contribution in [0.15, 0.2) is 67.1 Å². The molecule has 160 valence electrons. The lowest BCUT2D eigenvalue weighted by Crippen LogP contribution is -2.08. The van der Waals surface area contributed by atoms with Gasteiger partial charge in [-0.2, -0.15) is 10.1 Å². The molecule has 0 saturated heterocycles. The van der Waals surface area contributed by atoms with Gasteiger partial charge in [0.05, 0.1) is 12.2 Å². The van der Waals surface area contributed by atoms with E-state index in [2.05, 4.69) is 43.4 Å². The van der Waals surface area contributed by atoms with Crippen molar-refractivity contribution < 1.29 is 5.11 Å². The molecule has 31 heavy (non-hydrogen) atoms. The number of allylic oxidation sites excluding steroid dienone is 2. The van der Waals surface area contributed by atoms with E-state index in [1.165, 1.54) is 32.1 Å². The highest BCUT2D eigenvalue weighted by atomic mass is 16.3. The van der Waals surface area contributed by atoms with Crippen LogP contribution in [0.2, 0.25) is 0 Å². The third-order valence-corrected chi connectivity index (χ3v) is 5.45. The Bertz CT molecular complexity index is 1040. The van der Waals surface area contributed by atoms with E-state index in [-0.39, 0.29) is 12.3 Å². The van der Waals surface area contributed by atoms with Crippen molar-refractivity contribution >= 4 is 23.2 Å². The maximum Gasteiger partial charge on any atom is 0.224 e. The zero-order valence-electron chi connectivity index (χ0n) is 17.5. The average Bonchev–Trinajstić information content (AvgIpc) is 3.27. The Labute approximate surface area is 182 Å². The summed E-state index contributed by atoms with van der Waals surface area (Å²) in [4.78, 5) is 8.68. The van der Waals surface area contributed by atoms with Gasteiger partial charge in [-0.15, -0.1) is 0 Å². The van der Waals surface area contributed by atoms with Crippen molar-refractivity contribution in [2.75, 3.05) is 17.2 Å². The van der Waals surface area contributed by atoms with Gasteiger partial charge in [-0.25, -0.2) is 4.98 Å². The van der Waals surface area contributed by atoms with Crippen LogP contribution in [0.4, 0.5) is 17.6 Å². The number of aliphatic hydroxyl groups is 1. The second-order valence-electron chi connectivity index (χ2n) is 7.81. The molecule has 1 fully saturated rings. The Kier molecular flexibility index (Phi) is 6.62. The van der Waals surface area contributed by atoms with E-state index in [4.69, 9.17) is 0 Å². The summed E-state index contributed by atoms with van der Waals surface area (Å²) in [6.07, 6.45) is 9.61. The summed E-state index contributed by atoms with van der Waals surface area (Å²) in [6, 6.07) is 13.6. The summed E-state index contributed by atoms with van der Waals surface area (Å²) in [7, 11) is 0. The number of aliphatic hydroxyl groups excluding tert-OH is 1. The van der Waals surface area contributed by atoms with Crippen LogP contribution in [0.1, 0.15) is 49.3 Å². The van der Waals surface area contributed by atoms with Crippen molar-refractivity contribution in [2.24, 2.45) is 0 Å². The third-order valence-electron chi connectivity index (χ3n) is 5.45. The van der Waals surface area contributed by atoms with E-state index in [1.54, 1.807) is 18.3 Å². The molecule has 0 spiro atoms. The highest BCUT2D eigenvalue weighted by Gasteiger charge is 2.18. The fraction of sp³-hybridized carbons (Fsp3) is 0.292. The number of aromatic nitrogens is 4. The molecule has 0 amide bonds. The summed E-state index contributed by atoms with van der Waals surface area (Å²) in [5.74, 6) is 2.58. The number of nitrogens with one attached hydrogen (secondary N) is 3. The first kappa shape index (κ1) is 20.7. The number of nitrogens with zero attached hydrogens (tertiary/aromatic N) is 3. The Morgan fingerprint density at radius 2 is 1.97 bits per heavy atom. The maximum absolute atomic E-state index is 10.2. The molecule has 2 aromatic heterocycles. The van der Waals surface area contributed by atoms with Gasteiger partial charge in [0, 0.05) is 18.2 Å². The van der Waals surface area contributed by atoms with Gasteiger partial charge < -0.3 is 15.7 Å². The third kappa shape index (κ3) is 5.72.